The van der Waals surface area contributed by atoms with Crippen molar-refractivity contribution in [1.82, 2.24) is 4.98 Å². The van der Waals surface area contributed by atoms with Crippen molar-refractivity contribution >= 4 is 0 Å². The van der Waals surface area contributed by atoms with Crippen LogP contribution in [0.15, 0.2) is 0 Å². The molecule has 2 rings (SSSR count). The minimum atomic E-state index is -2.86. The average molecular weight is 208 g/mol. The molecule has 0 fully saturated rings. The zero-order chi connectivity index (χ0) is 11.2. The molecule has 1 aromatic rings. The molecule has 1 aliphatic rings. The fourth-order valence-corrected chi connectivity index (χ4v) is 2.14. The average Bonchev–Trinajstić information content (AvgIpc) is 2.44. The minimum absolute atomic E-state index is 0.0538. The number of alkyl halides is 2. The van der Waals surface area contributed by atoms with E-state index in [1.165, 1.54) is 0 Å². The number of fused-ring (bicyclic) bond motifs is 1. The summed E-state index contributed by atoms with van der Waals surface area (Å²) in [6.07, 6.45) is 0.110. The normalized spacial score (nSPS) is 17.3. The lowest BCUT2D eigenvalue weighted by molar-refractivity contribution is -0.00217. The molecule has 0 N–H and O–H groups in total. The predicted octanol–water partition coefficient (Wildman–Crippen LogP) is 2.61. The first-order chi connectivity index (χ1) is 6.97. The van der Waals surface area contributed by atoms with Crippen LogP contribution in [0.2, 0.25) is 0 Å². The zero-order valence-electron chi connectivity index (χ0n) is 8.56. The first kappa shape index (κ1) is 10.0. The Hall–Kier alpha value is -1.50. The summed E-state index contributed by atoms with van der Waals surface area (Å²) in [7, 11) is 0. The lowest BCUT2D eigenvalue weighted by Gasteiger charge is -2.13. The van der Waals surface area contributed by atoms with Gasteiger partial charge in [0.1, 0.15) is 6.07 Å². The SMILES string of the molecule is Cc1nc(C)c2c(c1C#N)C(F)(F)CC2. The van der Waals surface area contributed by atoms with Gasteiger partial charge in [-0.25, -0.2) is 8.78 Å². The Bertz CT molecular complexity index is 472. The molecule has 78 valence electrons. The topological polar surface area (TPSA) is 36.7 Å². The smallest absolute Gasteiger partial charge is 0.257 e. The first-order valence-corrected chi connectivity index (χ1v) is 4.76. The number of rotatable bonds is 0. The zero-order valence-corrected chi connectivity index (χ0v) is 8.56. The lowest BCUT2D eigenvalue weighted by Crippen LogP contribution is -2.12. The molecule has 2 nitrogen and oxygen atoms in total. The summed E-state index contributed by atoms with van der Waals surface area (Å²) in [6, 6.07) is 1.84. The van der Waals surface area contributed by atoms with Crippen molar-refractivity contribution in [3.05, 3.63) is 28.1 Å². The molecule has 0 unspecified atom stereocenters. The third-order valence-electron chi connectivity index (χ3n) is 2.85. The van der Waals surface area contributed by atoms with Gasteiger partial charge in [0.15, 0.2) is 0 Å². The number of hydrogen-bond donors (Lipinski definition) is 0. The van der Waals surface area contributed by atoms with E-state index >= 15 is 0 Å². The van der Waals surface area contributed by atoms with E-state index in [0.29, 0.717) is 23.4 Å². The summed E-state index contributed by atoms with van der Waals surface area (Å²) in [6.45, 7) is 3.31. The van der Waals surface area contributed by atoms with E-state index in [9.17, 15) is 8.78 Å². The molecule has 15 heavy (non-hydrogen) atoms. The Morgan fingerprint density at radius 2 is 2.00 bits per heavy atom. The largest absolute Gasteiger partial charge is 0.275 e. The Labute approximate surface area is 86.6 Å². The number of hydrogen-bond acceptors (Lipinski definition) is 2. The van der Waals surface area contributed by atoms with Crippen molar-refractivity contribution < 1.29 is 8.78 Å². The molecule has 0 spiro atoms. The number of aromatic nitrogens is 1. The van der Waals surface area contributed by atoms with Crippen molar-refractivity contribution in [3.8, 4) is 6.07 Å². The highest BCUT2D eigenvalue weighted by molar-refractivity contribution is 5.51. The van der Waals surface area contributed by atoms with Gasteiger partial charge in [0.2, 0.25) is 0 Å². The number of aryl methyl sites for hydroxylation is 2. The van der Waals surface area contributed by atoms with Crippen molar-refractivity contribution in [3.63, 3.8) is 0 Å². The second-order valence-corrected chi connectivity index (χ2v) is 3.83. The molecule has 0 atom stereocenters. The second kappa shape index (κ2) is 2.99. The van der Waals surface area contributed by atoms with Gasteiger partial charge in [-0.05, 0) is 25.8 Å². The molecule has 0 aromatic carbocycles. The Balaban J connectivity index is 2.82. The monoisotopic (exact) mass is 208 g/mol. The quantitative estimate of drug-likeness (QED) is 0.657. The molecule has 0 saturated carbocycles. The summed E-state index contributed by atoms with van der Waals surface area (Å²) in [5, 5.41) is 8.88. The Kier molecular flexibility index (Phi) is 2.00. The molecule has 0 aliphatic heterocycles. The van der Waals surface area contributed by atoms with E-state index in [1.807, 2.05) is 6.07 Å². The van der Waals surface area contributed by atoms with Crippen molar-refractivity contribution in [2.75, 3.05) is 0 Å². The van der Waals surface area contributed by atoms with E-state index in [4.69, 9.17) is 5.26 Å². The number of nitriles is 1. The van der Waals surface area contributed by atoms with Crippen LogP contribution in [-0.4, -0.2) is 4.98 Å². The van der Waals surface area contributed by atoms with Gasteiger partial charge in [-0.15, -0.1) is 0 Å². The maximum Gasteiger partial charge on any atom is 0.275 e. The van der Waals surface area contributed by atoms with Crippen molar-refractivity contribution in [2.45, 2.75) is 32.6 Å². The van der Waals surface area contributed by atoms with E-state index in [1.54, 1.807) is 13.8 Å². The van der Waals surface area contributed by atoms with Crippen LogP contribution >= 0.6 is 0 Å². The fraction of sp³-hybridized carbons (Fsp3) is 0.455. The second-order valence-electron chi connectivity index (χ2n) is 3.83. The van der Waals surface area contributed by atoms with Crippen LogP contribution in [0.1, 0.15) is 34.5 Å². The molecular formula is C11H10F2N2. The summed E-state index contributed by atoms with van der Waals surface area (Å²) in [4.78, 5) is 4.13. The van der Waals surface area contributed by atoms with Crippen LogP contribution in [0.4, 0.5) is 8.78 Å². The van der Waals surface area contributed by atoms with Gasteiger partial charge in [-0.2, -0.15) is 5.26 Å². The Morgan fingerprint density at radius 3 is 2.60 bits per heavy atom. The van der Waals surface area contributed by atoms with Gasteiger partial charge in [0, 0.05) is 17.7 Å². The van der Waals surface area contributed by atoms with Crippen LogP contribution in [0, 0.1) is 25.2 Å². The first-order valence-electron chi connectivity index (χ1n) is 4.76. The lowest BCUT2D eigenvalue weighted by atomic mass is 10.0. The van der Waals surface area contributed by atoms with Crippen LogP contribution < -0.4 is 0 Å². The van der Waals surface area contributed by atoms with Crippen molar-refractivity contribution in [1.29, 1.82) is 5.26 Å². The molecule has 4 heteroatoms. The van der Waals surface area contributed by atoms with Crippen LogP contribution in [0.3, 0.4) is 0 Å². The van der Waals surface area contributed by atoms with E-state index in [0.717, 1.165) is 0 Å². The molecule has 0 saturated heterocycles. The Morgan fingerprint density at radius 1 is 1.33 bits per heavy atom. The standard InChI is InChI=1S/C11H10F2N2/c1-6-8-3-4-11(12,13)10(8)9(5-14)7(2)15-6/h3-4H2,1-2H3. The van der Waals surface area contributed by atoms with Gasteiger partial charge in [-0.1, -0.05) is 0 Å². The summed E-state index contributed by atoms with van der Waals surface area (Å²) < 4.78 is 27.1. The van der Waals surface area contributed by atoms with Crippen molar-refractivity contribution in [2.24, 2.45) is 0 Å². The minimum Gasteiger partial charge on any atom is -0.257 e. The molecule has 0 radical (unpaired) electrons. The third kappa shape index (κ3) is 1.30. The van der Waals surface area contributed by atoms with E-state index < -0.39 is 5.92 Å². The van der Waals surface area contributed by atoms with E-state index in [2.05, 4.69) is 4.98 Å². The third-order valence-corrected chi connectivity index (χ3v) is 2.85. The molecular weight excluding hydrogens is 198 g/mol. The summed E-state index contributed by atoms with van der Waals surface area (Å²) >= 11 is 0. The van der Waals surface area contributed by atoms with Gasteiger partial charge in [-0.3, -0.25) is 4.98 Å². The van der Waals surface area contributed by atoms with Crippen LogP contribution in [-0.2, 0) is 12.3 Å². The maximum atomic E-state index is 13.6. The summed E-state index contributed by atoms with van der Waals surface area (Å²) in [5.41, 5.74) is 1.55. The molecule has 0 bridgehead atoms. The molecule has 1 aromatic heterocycles. The maximum absolute atomic E-state index is 13.6. The van der Waals surface area contributed by atoms with E-state index in [-0.39, 0.29) is 17.5 Å². The van der Waals surface area contributed by atoms with Gasteiger partial charge >= 0.3 is 0 Å². The highest BCUT2D eigenvalue weighted by Gasteiger charge is 2.43. The molecule has 0 amide bonds. The predicted molar refractivity (Wildman–Crippen MR) is 50.6 cm³/mol. The highest BCUT2D eigenvalue weighted by atomic mass is 19.3. The molecule has 1 heterocycles. The fourth-order valence-electron chi connectivity index (χ4n) is 2.14. The summed E-state index contributed by atoms with van der Waals surface area (Å²) in [5.74, 6) is -2.86. The number of halogens is 2. The number of nitrogens with zero attached hydrogens (tertiary/aromatic N) is 2. The highest BCUT2D eigenvalue weighted by Crippen LogP contribution is 2.44. The van der Waals surface area contributed by atoms with Crippen LogP contribution in [0.5, 0.6) is 0 Å². The van der Waals surface area contributed by atoms with Crippen LogP contribution in [0.25, 0.3) is 0 Å². The van der Waals surface area contributed by atoms with Gasteiger partial charge in [0.05, 0.1) is 11.3 Å². The van der Waals surface area contributed by atoms with Gasteiger partial charge in [0.25, 0.3) is 5.92 Å². The van der Waals surface area contributed by atoms with Gasteiger partial charge < -0.3 is 0 Å². The molecule has 1 aliphatic carbocycles. The number of pyridine rings is 1.